The molecule has 21 nitrogen and oxygen atoms in total. The number of phosphoric ester groups is 1. The van der Waals surface area contributed by atoms with Crippen LogP contribution in [0.4, 0.5) is 5.82 Å². The lowest BCUT2D eigenvalue weighted by Crippen LogP contribution is -2.28. The van der Waals surface area contributed by atoms with Crippen molar-refractivity contribution >= 4 is 46.9 Å². The van der Waals surface area contributed by atoms with E-state index >= 15 is 0 Å². The molecule has 5 atom stereocenters. The number of rotatable bonds is 22. The Morgan fingerprint density at radius 2 is 1.91 bits per heavy atom. The predicted octanol–water partition coefficient (Wildman–Crippen LogP) is 0.988. The van der Waals surface area contributed by atoms with Gasteiger partial charge in [0.25, 0.3) is 0 Å². The van der Waals surface area contributed by atoms with Crippen LogP contribution in [0.5, 0.6) is 0 Å². The van der Waals surface area contributed by atoms with Crippen LogP contribution < -0.4 is 22.2 Å². The van der Waals surface area contributed by atoms with Crippen LogP contribution in [0.25, 0.3) is 0 Å². The number of thioether (sulfide) groups is 1. The van der Waals surface area contributed by atoms with Crippen LogP contribution in [0.2, 0.25) is 0 Å². The molecule has 46 heavy (non-hydrogen) atoms. The van der Waals surface area contributed by atoms with Gasteiger partial charge < -0.3 is 35.6 Å². The van der Waals surface area contributed by atoms with Crippen LogP contribution in [0, 0.1) is 0 Å². The number of nitrogen functional groups attached to an aromatic ring is 1. The highest BCUT2D eigenvalue weighted by molar-refractivity contribution is 8.00. The van der Waals surface area contributed by atoms with Gasteiger partial charge in [0.05, 0.1) is 19.4 Å². The molecule has 25 heteroatoms. The number of aryl methyl sites for hydroxylation is 1. The quantitative estimate of drug-likeness (QED) is 0.0725. The maximum Gasteiger partial charge on any atom is 0.489 e. The first-order valence-corrected chi connectivity index (χ1v) is 19.4. The van der Waals surface area contributed by atoms with Gasteiger partial charge in [-0.15, -0.1) is 16.9 Å². The van der Waals surface area contributed by atoms with Crippen LogP contribution >= 0.6 is 35.2 Å². The summed E-state index contributed by atoms with van der Waals surface area (Å²) in [5.74, 6) is -0.0593. The van der Waals surface area contributed by atoms with Gasteiger partial charge in [-0.25, -0.2) is 23.6 Å². The summed E-state index contributed by atoms with van der Waals surface area (Å²) in [6.07, 6.45) is 5.77. The summed E-state index contributed by atoms with van der Waals surface area (Å²) < 4.78 is 63.4. The Morgan fingerprint density at radius 1 is 1.13 bits per heavy atom. The zero-order chi connectivity index (χ0) is 33.8. The van der Waals surface area contributed by atoms with Gasteiger partial charge in [0.1, 0.15) is 23.2 Å². The molecule has 3 unspecified atom stereocenters. The molecule has 8 N–H and O–H groups in total. The molecule has 2 aromatic heterocycles. The van der Waals surface area contributed by atoms with Crippen LogP contribution in [-0.2, 0) is 54.3 Å². The number of anilines is 1. The average Bonchev–Trinajstić information content (AvgIpc) is 3.59. The Kier molecular flexibility index (Phi) is 15.0. The summed E-state index contributed by atoms with van der Waals surface area (Å²) in [6.45, 7) is 0.347. The smallest absolute Gasteiger partial charge is 0.383 e. The molecule has 0 bridgehead atoms. The number of phosphoric acid groups is 2. The van der Waals surface area contributed by atoms with Crippen molar-refractivity contribution in [2.45, 2.75) is 63.3 Å². The summed E-state index contributed by atoms with van der Waals surface area (Å²) in [7, 11) is -15.8. The highest BCUT2D eigenvalue weighted by atomic mass is 32.2. The van der Waals surface area contributed by atoms with E-state index in [4.69, 9.17) is 20.9 Å². The third-order valence-corrected chi connectivity index (χ3v) is 11.4. The van der Waals surface area contributed by atoms with Crippen molar-refractivity contribution in [3.63, 3.8) is 0 Å². The predicted molar refractivity (Wildman–Crippen MR) is 161 cm³/mol. The lowest BCUT2D eigenvalue weighted by Gasteiger charge is -2.20. The number of carbonyl (C=O) groups is 1. The van der Waals surface area contributed by atoms with Gasteiger partial charge in [0, 0.05) is 38.1 Å². The van der Waals surface area contributed by atoms with Crippen LogP contribution in [0.1, 0.15) is 50.4 Å². The fraction of sp³-hybridized carbons (Fsp3) is 0.667. The summed E-state index contributed by atoms with van der Waals surface area (Å²) in [5, 5.41) is 10.0. The number of unbranched alkanes of at least 4 members (excludes halogenated alkanes) is 3. The monoisotopic (exact) mass is 734 g/mol. The molecule has 0 spiro atoms. The van der Waals surface area contributed by atoms with E-state index in [0.717, 1.165) is 29.2 Å². The molecule has 0 saturated carbocycles. The number of primary amides is 1. The van der Waals surface area contributed by atoms with Gasteiger partial charge in [-0.05, 0) is 31.7 Å². The van der Waals surface area contributed by atoms with Crippen LogP contribution in [0.3, 0.4) is 0 Å². The normalized spacial score (nSPS) is 20.6. The molecular formula is C21H37N8O13P3S. The lowest BCUT2D eigenvalue weighted by atomic mass is 10.2. The molecule has 1 fully saturated rings. The van der Waals surface area contributed by atoms with E-state index in [1.165, 1.54) is 12.3 Å². The Labute approximate surface area is 267 Å². The second-order valence-electron chi connectivity index (χ2n) is 9.73. The Hall–Kier alpha value is -2.03. The molecule has 0 aromatic carbocycles. The third kappa shape index (κ3) is 14.4. The molecule has 260 valence electrons. The maximum atomic E-state index is 12.2. The average molecular weight is 735 g/mol. The molecule has 1 saturated heterocycles. The van der Waals surface area contributed by atoms with Gasteiger partial charge in [0.15, 0.2) is 0 Å². The van der Waals surface area contributed by atoms with E-state index in [-0.39, 0.29) is 37.2 Å². The molecule has 0 aliphatic carbocycles. The van der Waals surface area contributed by atoms with Crippen molar-refractivity contribution in [2.75, 3.05) is 31.2 Å². The maximum absolute atomic E-state index is 12.2. The zero-order valence-electron chi connectivity index (χ0n) is 24.4. The molecule has 1 aliphatic rings. The number of nitrogens with two attached hydrogens (primary N) is 2. The van der Waals surface area contributed by atoms with Crippen molar-refractivity contribution in [1.29, 1.82) is 0 Å². The van der Waals surface area contributed by atoms with Crippen molar-refractivity contribution in [3.05, 3.63) is 34.6 Å². The minimum atomic E-state index is -5.57. The number of amides is 1. The van der Waals surface area contributed by atoms with E-state index in [1.54, 1.807) is 10.9 Å². The van der Waals surface area contributed by atoms with E-state index in [0.29, 0.717) is 37.9 Å². The SMILES string of the molecule is NC(=O)CCCCCn1cc(COCCCCNP(=O)(O)OP(=O)(O)OP(=O)(O)OC[C@H]2O[C@@H](n3ccc(N)nc3=O)CS2)nn1. The van der Waals surface area contributed by atoms with Crippen LogP contribution in [0.15, 0.2) is 23.3 Å². The summed E-state index contributed by atoms with van der Waals surface area (Å²) in [4.78, 5) is 55.8. The highest BCUT2D eigenvalue weighted by Crippen LogP contribution is 2.66. The first-order chi connectivity index (χ1) is 21.6. The molecule has 2 aromatic rings. The highest BCUT2D eigenvalue weighted by Gasteiger charge is 2.42. The number of hydrogen-bond acceptors (Lipinski definition) is 15. The number of nitrogens with zero attached hydrogens (tertiary/aromatic N) is 5. The molecule has 0 radical (unpaired) electrons. The fourth-order valence-electron chi connectivity index (χ4n) is 3.80. The van der Waals surface area contributed by atoms with Crippen molar-refractivity contribution in [2.24, 2.45) is 5.73 Å². The van der Waals surface area contributed by atoms with Gasteiger partial charge >= 0.3 is 29.1 Å². The van der Waals surface area contributed by atoms with Gasteiger partial charge in [-0.3, -0.25) is 18.6 Å². The van der Waals surface area contributed by atoms with Crippen molar-refractivity contribution in [3.8, 4) is 0 Å². The summed E-state index contributed by atoms with van der Waals surface area (Å²) >= 11 is 1.11. The Morgan fingerprint density at radius 3 is 2.65 bits per heavy atom. The molecular weight excluding hydrogens is 697 g/mol. The molecule has 3 heterocycles. The minimum absolute atomic E-state index is 0.0202. The minimum Gasteiger partial charge on any atom is -0.383 e. The molecule has 1 amide bonds. The number of nitrogens with one attached hydrogen (secondary N) is 1. The standard InChI is InChI=1S/C21H37N8O13P3S/c22-17-7-10-29(21(31)25-17)19-15-46-20(40-19)14-39-44(34,35)42-45(36,37)41-43(32,33)24-8-3-5-11-38-13-16-12-28(27-26-16)9-4-1-2-6-18(23)30/h7,10,12,19-20H,1-6,8-9,11,13-15H2,(H2,23,30)(H,34,35)(H,36,37)(H2,22,25,31)(H2,24,32,33)/t19-,20+/m1/s1. The summed E-state index contributed by atoms with van der Waals surface area (Å²) in [5.41, 5.74) is 9.62. The number of aromatic nitrogens is 5. The topological polar surface area (TPSA) is 305 Å². The van der Waals surface area contributed by atoms with E-state index in [1.807, 2.05) is 5.09 Å². The second-order valence-corrected chi connectivity index (χ2v) is 15.7. The van der Waals surface area contributed by atoms with Crippen molar-refractivity contribution < 1.29 is 55.8 Å². The molecule has 3 rings (SSSR count). The Balaban J connectivity index is 1.28. The van der Waals surface area contributed by atoms with Gasteiger partial charge in [0.2, 0.25) is 5.91 Å². The van der Waals surface area contributed by atoms with E-state index in [2.05, 4.69) is 28.4 Å². The Bertz CT molecular complexity index is 1500. The largest absolute Gasteiger partial charge is 0.489 e. The van der Waals surface area contributed by atoms with Crippen LogP contribution in [-0.4, -0.2) is 76.1 Å². The first-order valence-electron chi connectivity index (χ1n) is 13.8. The van der Waals surface area contributed by atoms with E-state index in [9.17, 15) is 38.0 Å². The zero-order valence-corrected chi connectivity index (χ0v) is 27.9. The van der Waals surface area contributed by atoms with Gasteiger partial charge in [-0.2, -0.15) is 13.6 Å². The third-order valence-electron chi connectivity index (χ3n) is 5.86. The number of carbonyl (C=O) groups excluding carboxylic acids is 1. The lowest BCUT2D eigenvalue weighted by molar-refractivity contribution is -0.118. The van der Waals surface area contributed by atoms with Crippen molar-refractivity contribution in [1.82, 2.24) is 29.6 Å². The second kappa shape index (κ2) is 17.9. The molecule has 1 aliphatic heterocycles. The number of hydrogen-bond donors (Lipinski definition) is 6. The first kappa shape index (κ1) is 38.4. The summed E-state index contributed by atoms with van der Waals surface area (Å²) in [6, 6.07) is 1.39. The number of ether oxygens (including phenoxy) is 2. The fourth-order valence-corrected chi connectivity index (χ4v) is 8.63. The van der Waals surface area contributed by atoms with E-state index < -0.39 is 47.4 Å². The van der Waals surface area contributed by atoms with Gasteiger partial charge in [-0.1, -0.05) is 11.6 Å².